The second-order valence-electron chi connectivity index (χ2n) is 13.8. The van der Waals surface area contributed by atoms with Gasteiger partial charge in [0.1, 0.15) is 5.60 Å². The van der Waals surface area contributed by atoms with Gasteiger partial charge >= 0.3 is 11.9 Å². The fraction of sp³-hybridized carbons (Fsp3) is 0.786. The van der Waals surface area contributed by atoms with Crippen LogP contribution in [0.2, 0.25) is 0 Å². The number of aliphatic carboxylic acids is 1. The molecule has 7 aliphatic carbocycles. The third kappa shape index (κ3) is 1.58. The van der Waals surface area contributed by atoms with Crippen LogP contribution in [-0.4, -0.2) is 40.0 Å². The number of carboxylic acids is 1. The summed E-state index contributed by atoms with van der Waals surface area (Å²) in [6.07, 6.45) is 6.61. The van der Waals surface area contributed by atoms with Gasteiger partial charge in [-0.2, -0.15) is 0 Å². The van der Waals surface area contributed by atoms with Crippen molar-refractivity contribution in [1.82, 2.24) is 0 Å². The molecule has 1 aliphatic heterocycles. The maximum atomic E-state index is 12.2. The molecular weight excluding hydrogens is 448 g/mol. The van der Waals surface area contributed by atoms with Crippen LogP contribution in [0.25, 0.3) is 0 Å². The average Bonchev–Trinajstić information content (AvgIpc) is 3.62. The monoisotopic (exact) mass is 480 g/mol. The Morgan fingerprint density at radius 1 is 1.20 bits per heavy atom. The number of carbonyl (C=O) groups excluding carboxylic acids is 1. The standard InChI is InChI=1S/C28H32O7/c1-12(2)26-21(32)27-16-9-24(16,27)8-15-14-11-33-20(34-19(31)5-4-18(29)30)13(14)6-7-23(15,3)28(27)17-10-25(17,28)22(26)35-26/h11-12,15-17,21-22,32H,4-10H2,1-3H3,(H,29,30)/t15-,16?,17?,21+,22-,23?,24+,25+,26+,27+,28+/m0/s1. The molecule has 3 unspecified atom stereocenters. The summed E-state index contributed by atoms with van der Waals surface area (Å²) >= 11 is 0. The van der Waals surface area contributed by atoms with E-state index in [0.717, 1.165) is 24.8 Å². The number of rotatable bonds is 5. The lowest BCUT2D eigenvalue weighted by Gasteiger charge is -2.64. The second-order valence-corrected chi connectivity index (χ2v) is 13.8. The lowest BCUT2D eigenvalue weighted by molar-refractivity contribution is -0.187. The Morgan fingerprint density at radius 3 is 2.69 bits per heavy atom. The number of esters is 1. The Labute approximate surface area is 203 Å². The summed E-state index contributed by atoms with van der Waals surface area (Å²) in [6.45, 7) is 6.95. The van der Waals surface area contributed by atoms with Gasteiger partial charge in [-0.15, -0.1) is 0 Å². The zero-order valence-electron chi connectivity index (χ0n) is 20.4. The highest BCUT2D eigenvalue weighted by molar-refractivity contribution is 5.78. The highest BCUT2D eigenvalue weighted by Crippen LogP contribution is 3.16. The molecule has 6 saturated carbocycles. The zero-order valence-corrected chi connectivity index (χ0v) is 20.4. The molecule has 0 amide bonds. The highest BCUT2D eigenvalue weighted by Gasteiger charge is 3.17. The third-order valence-corrected chi connectivity index (χ3v) is 13.2. The Morgan fingerprint density at radius 2 is 2.00 bits per heavy atom. The molecule has 9 rings (SSSR count). The molecule has 0 radical (unpaired) electrons. The van der Waals surface area contributed by atoms with Gasteiger partial charge in [0, 0.05) is 22.0 Å². The van der Waals surface area contributed by atoms with Gasteiger partial charge < -0.3 is 24.1 Å². The van der Waals surface area contributed by atoms with Gasteiger partial charge in [0.2, 0.25) is 0 Å². The number of epoxide rings is 1. The topological polar surface area (TPSA) is 110 Å². The summed E-state index contributed by atoms with van der Waals surface area (Å²) in [5, 5.41) is 21.0. The first-order valence-electron chi connectivity index (χ1n) is 13.5. The number of hydrogen-bond donors (Lipinski definition) is 2. The zero-order chi connectivity index (χ0) is 24.1. The molecule has 7 nitrogen and oxygen atoms in total. The summed E-state index contributed by atoms with van der Waals surface area (Å²) in [7, 11) is 0. The van der Waals surface area contributed by atoms with E-state index in [1.165, 1.54) is 18.4 Å². The maximum absolute atomic E-state index is 12.2. The third-order valence-electron chi connectivity index (χ3n) is 13.2. The van der Waals surface area contributed by atoms with Gasteiger partial charge in [-0.25, -0.2) is 0 Å². The lowest BCUT2D eigenvalue weighted by Crippen LogP contribution is -2.66. The second kappa shape index (κ2) is 5.10. The van der Waals surface area contributed by atoms with Gasteiger partial charge in [0.15, 0.2) is 0 Å². The minimum atomic E-state index is -1.01. The van der Waals surface area contributed by atoms with E-state index >= 15 is 0 Å². The van der Waals surface area contributed by atoms with Crippen LogP contribution < -0.4 is 4.74 Å². The molecule has 0 bridgehead atoms. The molecule has 11 atom stereocenters. The molecule has 7 fully saturated rings. The van der Waals surface area contributed by atoms with Crippen LogP contribution in [0.5, 0.6) is 5.95 Å². The van der Waals surface area contributed by atoms with Gasteiger partial charge in [-0.1, -0.05) is 20.8 Å². The molecule has 186 valence electrons. The molecule has 0 aromatic carbocycles. The number of aliphatic hydroxyl groups is 1. The summed E-state index contributed by atoms with van der Waals surface area (Å²) in [6, 6.07) is 0. The first-order valence-corrected chi connectivity index (χ1v) is 13.5. The fourth-order valence-electron chi connectivity index (χ4n) is 12.1. The van der Waals surface area contributed by atoms with E-state index in [2.05, 4.69) is 20.8 Å². The van der Waals surface area contributed by atoms with Crippen LogP contribution in [0.1, 0.15) is 76.3 Å². The van der Waals surface area contributed by atoms with Crippen LogP contribution >= 0.6 is 0 Å². The normalized spacial score (nSPS) is 57.7. The number of furan rings is 1. The molecule has 1 aromatic rings. The first-order chi connectivity index (χ1) is 16.6. The Balaban J connectivity index is 1.12. The molecule has 2 N–H and O–H groups in total. The molecule has 35 heavy (non-hydrogen) atoms. The fourth-order valence-corrected chi connectivity index (χ4v) is 12.1. The number of fused-ring (bicyclic) bond motifs is 4. The van der Waals surface area contributed by atoms with Crippen molar-refractivity contribution in [3.8, 4) is 5.95 Å². The van der Waals surface area contributed by atoms with Crippen molar-refractivity contribution in [2.45, 2.75) is 89.4 Å². The molecule has 8 aliphatic rings. The van der Waals surface area contributed by atoms with E-state index in [1.807, 2.05) is 6.26 Å². The molecule has 2 heterocycles. The Kier molecular flexibility index (Phi) is 2.95. The van der Waals surface area contributed by atoms with Crippen LogP contribution in [0, 0.1) is 44.8 Å². The maximum Gasteiger partial charge on any atom is 0.314 e. The van der Waals surface area contributed by atoms with Crippen LogP contribution in [0.4, 0.5) is 0 Å². The number of hydrogen-bond acceptors (Lipinski definition) is 6. The van der Waals surface area contributed by atoms with Crippen molar-refractivity contribution in [2.75, 3.05) is 0 Å². The van der Waals surface area contributed by atoms with Crippen molar-refractivity contribution >= 4 is 11.9 Å². The molecule has 7 heteroatoms. The van der Waals surface area contributed by atoms with E-state index in [0.29, 0.717) is 23.7 Å². The minimum Gasteiger partial charge on any atom is -0.481 e. The van der Waals surface area contributed by atoms with Gasteiger partial charge in [0.25, 0.3) is 5.95 Å². The summed E-state index contributed by atoms with van der Waals surface area (Å²) < 4.78 is 17.9. The summed E-state index contributed by atoms with van der Waals surface area (Å²) in [5.41, 5.74) is 2.63. The van der Waals surface area contributed by atoms with Gasteiger partial charge in [-0.05, 0) is 72.0 Å². The van der Waals surface area contributed by atoms with Gasteiger partial charge in [-0.3, -0.25) is 9.59 Å². The average molecular weight is 481 g/mol. The van der Waals surface area contributed by atoms with E-state index in [1.54, 1.807) is 0 Å². The van der Waals surface area contributed by atoms with Crippen LogP contribution in [0.15, 0.2) is 10.7 Å². The van der Waals surface area contributed by atoms with E-state index in [4.69, 9.17) is 19.0 Å². The van der Waals surface area contributed by atoms with Crippen molar-refractivity contribution < 1.29 is 33.7 Å². The van der Waals surface area contributed by atoms with E-state index < -0.39 is 11.9 Å². The van der Waals surface area contributed by atoms with Crippen molar-refractivity contribution in [1.29, 1.82) is 0 Å². The first kappa shape index (κ1) is 20.2. The Hall–Kier alpha value is -1.86. The van der Waals surface area contributed by atoms with Gasteiger partial charge in [0.05, 0.1) is 31.3 Å². The molecule has 4 spiro atoms. The smallest absolute Gasteiger partial charge is 0.314 e. The lowest BCUT2D eigenvalue weighted by atomic mass is 9.38. The largest absolute Gasteiger partial charge is 0.481 e. The predicted octanol–water partition coefficient (Wildman–Crippen LogP) is 3.67. The number of ether oxygens (including phenoxy) is 2. The van der Waals surface area contributed by atoms with Crippen LogP contribution in [-0.2, 0) is 20.7 Å². The highest BCUT2D eigenvalue weighted by atomic mass is 16.6. The SMILES string of the molecule is CC(C)[C@]12O[C@H]1[C@@]13CC1[C@@]31C3(C)CCc4c(coc4OC(=O)CCC(=O)O)[C@@H]3C[C@@]34CC3[C@@]41[C@@H]2O. The Bertz CT molecular complexity index is 1280. The van der Waals surface area contributed by atoms with Crippen LogP contribution in [0.3, 0.4) is 0 Å². The number of aliphatic hydroxyl groups excluding tert-OH is 1. The molecular formula is C28H32O7. The predicted molar refractivity (Wildman–Crippen MR) is 119 cm³/mol. The molecule has 1 aromatic heterocycles. The van der Waals surface area contributed by atoms with Crippen molar-refractivity contribution in [3.05, 3.63) is 17.4 Å². The van der Waals surface area contributed by atoms with E-state index in [9.17, 15) is 14.7 Å². The summed E-state index contributed by atoms with van der Waals surface area (Å²) in [5.74, 6) is 0.660. The molecule has 1 saturated heterocycles. The number of carboxylic acid groups (broad SMARTS) is 1. The van der Waals surface area contributed by atoms with Crippen molar-refractivity contribution in [3.63, 3.8) is 0 Å². The van der Waals surface area contributed by atoms with Crippen molar-refractivity contribution in [2.24, 2.45) is 44.8 Å². The minimum absolute atomic E-state index is 0.0405. The summed E-state index contributed by atoms with van der Waals surface area (Å²) in [4.78, 5) is 23.1. The quantitative estimate of drug-likeness (QED) is 0.489. The number of carbonyl (C=O) groups is 2. The van der Waals surface area contributed by atoms with E-state index in [-0.39, 0.29) is 63.7 Å².